The first-order valence-corrected chi connectivity index (χ1v) is 5.41. The molecule has 18 heavy (non-hydrogen) atoms. The van der Waals surface area contributed by atoms with Gasteiger partial charge in [-0.2, -0.15) is 0 Å². The Kier molecular flexibility index (Phi) is 3.34. The predicted molar refractivity (Wildman–Crippen MR) is 69.0 cm³/mol. The molecule has 0 radical (unpaired) electrons. The molecule has 0 aliphatic heterocycles. The molecule has 0 saturated heterocycles. The second kappa shape index (κ2) is 4.93. The van der Waals surface area contributed by atoms with Crippen molar-refractivity contribution in [3.8, 4) is 11.5 Å². The average Bonchev–Trinajstić information content (AvgIpc) is 2.32. The number of nitrogens with two attached hydrogens (primary N) is 1. The lowest BCUT2D eigenvalue weighted by molar-refractivity contribution is -0.385. The van der Waals surface area contributed by atoms with Crippen molar-refractivity contribution in [1.82, 2.24) is 0 Å². The molecule has 0 unspecified atom stereocenters. The summed E-state index contributed by atoms with van der Waals surface area (Å²) in [6.07, 6.45) is 0. The van der Waals surface area contributed by atoms with E-state index in [0.717, 1.165) is 0 Å². The summed E-state index contributed by atoms with van der Waals surface area (Å²) in [5.41, 5.74) is 5.98. The first-order valence-electron chi connectivity index (χ1n) is 5.03. The number of benzene rings is 2. The number of hydrogen-bond acceptors (Lipinski definition) is 4. The molecule has 0 spiro atoms. The number of nitro benzene ring substituents is 1. The molecule has 0 bridgehead atoms. The van der Waals surface area contributed by atoms with Crippen LogP contribution in [0.5, 0.6) is 11.5 Å². The highest BCUT2D eigenvalue weighted by molar-refractivity contribution is 6.30. The molecular weight excluding hydrogens is 256 g/mol. The second-order valence-corrected chi connectivity index (χ2v) is 3.98. The summed E-state index contributed by atoms with van der Waals surface area (Å²) in [4.78, 5) is 10.3. The highest BCUT2D eigenvalue weighted by Gasteiger charge is 2.15. The van der Waals surface area contributed by atoms with Gasteiger partial charge < -0.3 is 10.5 Å². The van der Waals surface area contributed by atoms with Gasteiger partial charge in [-0.25, -0.2) is 0 Å². The zero-order valence-electron chi connectivity index (χ0n) is 9.17. The summed E-state index contributed by atoms with van der Waals surface area (Å²) in [6, 6.07) is 10.7. The Morgan fingerprint density at radius 1 is 1.17 bits per heavy atom. The third-order valence-electron chi connectivity index (χ3n) is 2.23. The van der Waals surface area contributed by atoms with Crippen LogP contribution in [-0.2, 0) is 0 Å². The van der Waals surface area contributed by atoms with E-state index in [1.807, 2.05) is 0 Å². The van der Waals surface area contributed by atoms with Crippen LogP contribution in [0.3, 0.4) is 0 Å². The van der Waals surface area contributed by atoms with E-state index in [1.165, 1.54) is 18.2 Å². The van der Waals surface area contributed by atoms with E-state index in [4.69, 9.17) is 22.1 Å². The van der Waals surface area contributed by atoms with E-state index in [-0.39, 0.29) is 11.4 Å². The summed E-state index contributed by atoms with van der Waals surface area (Å²) >= 11 is 5.79. The van der Waals surface area contributed by atoms with Gasteiger partial charge in [-0.3, -0.25) is 10.1 Å². The molecule has 0 saturated carbocycles. The number of rotatable bonds is 3. The van der Waals surface area contributed by atoms with Crippen LogP contribution in [0, 0.1) is 10.1 Å². The average molecular weight is 265 g/mol. The number of hydrogen-bond donors (Lipinski definition) is 1. The minimum atomic E-state index is -0.525. The largest absolute Gasteiger partial charge is 0.450 e. The van der Waals surface area contributed by atoms with Crippen LogP contribution in [-0.4, -0.2) is 4.92 Å². The molecule has 2 N–H and O–H groups in total. The third kappa shape index (κ3) is 2.70. The molecule has 0 aliphatic rings. The van der Waals surface area contributed by atoms with Crippen molar-refractivity contribution in [3.63, 3.8) is 0 Å². The number of nitrogens with zero attached hydrogens (tertiary/aromatic N) is 1. The highest BCUT2D eigenvalue weighted by Crippen LogP contribution is 2.33. The van der Waals surface area contributed by atoms with Crippen LogP contribution in [0.15, 0.2) is 42.5 Å². The molecule has 0 atom stereocenters. The zero-order chi connectivity index (χ0) is 13.1. The highest BCUT2D eigenvalue weighted by atomic mass is 35.5. The van der Waals surface area contributed by atoms with Crippen molar-refractivity contribution in [3.05, 3.63) is 57.6 Å². The first kappa shape index (κ1) is 12.2. The summed E-state index contributed by atoms with van der Waals surface area (Å²) in [7, 11) is 0. The molecule has 2 aromatic rings. The molecule has 2 rings (SSSR count). The van der Waals surface area contributed by atoms with Gasteiger partial charge in [0.25, 0.3) is 0 Å². The summed E-state index contributed by atoms with van der Waals surface area (Å²) in [6.45, 7) is 0. The normalized spacial score (nSPS) is 10.1. The Morgan fingerprint density at radius 3 is 2.44 bits per heavy atom. The summed E-state index contributed by atoms with van der Waals surface area (Å²) in [5, 5.41) is 11.2. The van der Waals surface area contributed by atoms with Gasteiger partial charge in [-0.05, 0) is 30.3 Å². The van der Waals surface area contributed by atoms with Crippen molar-refractivity contribution >= 4 is 23.0 Å². The number of ether oxygens (including phenoxy) is 1. The Labute approximate surface area is 108 Å². The van der Waals surface area contributed by atoms with E-state index in [9.17, 15) is 10.1 Å². The lowest BCUT2D eigenvalue weighted by Crippen LogP contribution is -1.93. The minimum Gasteiger partial charge on any atom is -0.450 e. The maximum atomic E-state index is 10.8. The smallest absolute Gasteiger partial charge is 0.311 e. The van der Waals surface area contributed by atoms with Gasteiger partial charge in [0.05, 0.1) is 4.92 Å². The fraction of sp³-hybridized carbons (Fsp3) is 0. The number of anilines is 1. The van der Waals surface area contributed by atoms with E-state index < -0.39 is 4.92 Å². The van der Waals surface area contributed by atoms with E-state index in [1.54, 1.807) is 24.3 Å². The van der Waals surface area contributed by atoms with Gasteiger partial charge in [0, 0.05) is 22.8 Å². The Hall–Kier alpha value is -2.27. The Balaban J connectivity index is 2.35. The van der Waals surface area contributed by atoms with Gasteiger partial charge in [-0.15, -0.1) is 0 Å². The number of nitrogen functional groups attached to an aromatic ring is 1. The third-order valence-corrected chi connectivity index (χ3v) is 2.46. The van der Waals surface area contributed by atoms with Gasteiger partial charge in [0.2, 0.25) is 5.75 Å². The fourth-order valence-electron chi connectivity index (χ4n) is 1.38. The molecule has 0 aliphatic carbocycles. The maximum absolute atomic E-state index is 10.8. The van der Waals surface area contributed by atoms with Crippen molar-refractivity contribution in [1.29, 1.82) is 0 Å². The van der Waals surface area contributed by atoms with Crippen molar-refractivity contribution < 1.29 is 9.66 Å². The second-order valence-electron chi connectivity index (χ2n) is 3.54. The lowest BCUT2D eigenvalue weighted by atomic mass is 10.3. The molecule has 6 heteroatoms. The van der Waals surface area contributed by atoms with Crippen LogP contribution in [0.25, 0.3) is 0 Å². The first-order chi connectivity index (χ1) is 8.56. The predicted octanol–water partition coefficient (Wildman–Crippen LogP) is 3.62. The molecule has 0 aromatic heterocycles. The maximum Gasteiger partial charge on any atom is 0.311 e. The standard InChI is InChI=1S/C12H9ClN2O3/c13-8-1-6-11(15(16)17)12(7-8)18-10-4-2-9(14)3-5-10/h1-7H,14H2. The van der Waals surface area contributed by atoms with Crippen LogP contribution >= 0.6 is 11.6 Å². The van der Waals surface area contributed by atoms with Crippen LogP contribution in [0.4, 0.5) is 11.4 Å². The Morgan fingerprint density at radius 2 is 1.83 bits per heavy atom. The summed E-state index contributed by atoms with van der Waals surface area (Å²) in [5.74, 6) is 0.548. The molecule has 0 heterocycles. The molecular formula is C12H9ClN2O3. The molecule has 5 nitrogen and oxygen atoms in total. The van der Waals surface area contributed by atoms with Crippen molar-refractivity contribution in [2.75, 3.05) is 5.73 Å². The van der Waals surface area contributed by atoms with E-state index >= 15 is 0 Å². The lowest BCUT2D eigenvalue weighted by Gasteiger charge is -2.06. The molecule has 0 fully saturated rings. The fourth-order valence-corrected chi connectivity index (χ4v) is 1.55. The van der Waals surface area contributed by atoms with E-state index in [2.05, 4.69) is 0 Å². The quantitative estimate of drug-likeness (QED) is 0.522. The minimum absolute atomic E-state index is 0.0947. The van der Waals surface area contributed by atoms with Gasteiger partial charge in [0.15, 0.2) is 0 Å². The number of nitro groups is 1. The van der Waals surface area contributed by atoms with E-state index in [0.29, 0.717) is 16.5 Å². The SMILES string of the molecule is Nc1ccc(Oc2cc(Cl)ccc2[N+](=O)[O-])cc1. The topological polar surface area (TPSA) is 78.4 Å². The van der Waals surface area contributed by atoms with Crippen molar-refractivity contribution in [2.24, 2.45) is 0 Å². The Bertz CT molecular complexity index is 584. The zero-order valence-corrected chi connectivity index (χ0v) is 9.92. The van der Waals surface area contributed by atoms with Gasteiger partial charge in [-0.1, -0.05) is 11.6 Å². The van der Waals surface area contributed by atoms with Gasteiger partial charge >= 0.3 is 5.69 Å². The van der Waals surface area contributed by atoms with Crippen LogP contribution in [0.1, 0.15) is 0 Å². The van der Waals surface area contributed by atoms with Gasteiger partial charge in [0.1, 0.15) is 5.75 Å². The number of halogens is 1. The molecule has 92 valence electrons. The monoisotopic (exact) mass is 264 g/mol. The van der Waals surface area contributed by atoms with Crippen LogP contribution < -0.4 is 10.5 Å². The van der Waals surface area contributed by atoms with Crippen LogP contribution in [0.2, 0.25) is 5.02 Å². The van der Waals surface area contributed by atoms with Crippen molar-refractivity contribution in [2.45, 2.75) is 0 Å². The molecule has 2 aromatic carbocycles. The molecule has 0 amide bonds. The summed E-state index contributed by atoms with van der Waals surface area (Å²) < 4.78 is 5.42.